The van der Waals surface area contributed by atoms with Crippen molar-refractivity contribution < 1.29 is 4.42 Å². The molecule has 0 aliphatic rings. The normalized spacial score (nSPS) is 11.9. The number of nitrogens with zero attached hydrogens (tertiary/aromatic N) is 2. The van der Waals surface area contributed by atoms with Crippen molar-refractivity contribution >= 4 is 56.4 Å². The van der Waals surface area contributed by atoms with E-state index in [9.17, 15) is 0 Å². The molecule has 8 rings (SSSR count). The van der Waals surface area contributed by atoms with Crippen LogP contribution in [0.4, 0.5) is 11.4 Å². The molecule has 2 heterocycles. The van der Waals surface area contributed by atoms with Gasteiger partial charge in [-0.15, -0.1) is 6.58 Å². The van der Waals surface area contributed by atoms with E-state index in [1.807, 2.05) is 37.3 Å². The molecule has 51 heavy (non-hydrogen) atoms. The van der Waals surface area contributed by atoms with E-state index >= 15 is 0 Å². The van der Waals surface area contributed by atoms with Gasteiger partial charge in [-0.3, -0.25) is 0 Å². The van der Waals surface area contributed by atoms with Gasteiger partial charge in [0.2, 0.25) is 0 Å². The number of furan rings is 1. The van der Waals surface area contributed by atoms with Gasteiger partial charge in [0.25, 0.3) is 0 Å². The number of hydrogen-bond donors (Lipinski definition) is 1. The monoisotopic (exact) mass is 665 g/mol. The van der Waals surface area contributed by atoms with Crippen LogP contribution in [0, 0.1) is 6.92 Å². The van der Waals surface area contributed by atoms with Gasteiger partial charge in [0.1, 0.15) is 11.2 Å². The van der Waals surface area contributed by atoms with E-state index in [-0.39, 0.29) is 6.04 Å². The molecule has 1 unspecified atom stereocenters. The van der Waals surface area contributed by atoms with Crippen molar-refractivity contribution in [1.29, 1.82) is 0 Å². The maximum Gasteiger partial charge on any atom is 0.137 e. The summed E-state index contributed by atoms with van der Waals surface area (Å²) < 4.78 is 8.68. The number of aryl methyl sites for hydroxylation is 1. The number of hydrogen-bond acceptors (Lipinski definition) is 3. The lowest BCUT2D eigenvalue weighted by molar-refractivity contribution is 0.667. The Balaban J connectivity index is 0.00000131. The van der Waals surface area contributed by atoms with Crippen molar-refractivity contribution in [3.63, 3.8) is 0 Å². The number of benzene rings is 6. The van der Waals surface area contributed by atoms with Crippen molar-refractivity contribution in [2.75, 3.05) is 17.7 Å². The second kappa shape index (κ2) is 14.7. The first-order chi connectivity index (χ1) is 24.9. The quantitative estimate of drug-likeness (QED) is 0.130. The van der Waals surface area contributed by atoms with Crippen LogP contribution in [0.15, 0.2) is 163 Å². The molecule has 1 atom stereocenters. The first-order valence-corrected chi connectivity index (χ1v) is 17.4. The molecular weight excluding hydrogens is 623 g/mol. The zero-order valence-electron chi connectivity index (χ0n) is 29.5. The van der Waals surface area contributed by atoms with E-state index < -0.39 is 0 Å². The molecule has 2 N–H and O–H groups in total. The van der Waals surface area contributed by atoms with Crippen LogP contribution in [0.1, 0.15) is 40.9 Å². The zero-order valence-corrected chi connectivity index (χ0v) is 29.5. The summed E-state index contributed by atoms with van der Waals surface area (Å²) in [6.07, 6.45) is 7.04. The molecule has 4 nitrogen and oxygen atoms in total. The molecule has 0 bridgehead atoms. The highest BCUT2D eigenvalue weighted by Gasteiger charge is 2.21. The van der Waals surface area contributed by atoms with Crippen LogP contribution < -0.4 is 10.6 Å². The van der Waals surface area contributed by atoms with Gasteiger partial charge in [-0.05, 0) is 91.1 Å². The number of nitrogen functional groups attached to an aromatic ring is 1. The fraction of sp³-hybridized carbons (Fsp3) is 0.106. The number of anilines is 2. The second-order valence-electron chi connectivity index (χ2n) is 13.0. The van der Waals surface area contributed by atoms with Crippen LogP contribution in [-0.4, -0.2) is 11.6 Å². The first-order valence-electron chi connectivity index (χ1n) is 17.4. The van der Waals surface area contributed by atoms with E-state index in [1.54, 1.807) is 6.08 Å². The van der Waals surface area contributed by atoms with Crippen molar-refractivity contribution in [2.24, 2.45) is 0 Å². The van der Waals surface area contributed by atoms with E-state index in [1.165, 1.54) is 27.6 Å². The molecule has 2 aromatic heterocycles. The predicted octanol–water partition coefficient (Wildman–Crippen LogP) is 12.2. The van der Waals surface area contributed by atoms with Crippen LogP contribution in [0.2, 0.25) is 0 Å². The van der Waals surface area contributed by atoms with Gasteiger partial charge in [0.15, 0.2) is 0 Å². The van der Waals surface area contributed by atoms with Gasteiger partial charge in [-0.25, -0.2) is 0 Å². The molecular formula is C47H43N3O. The number of nitrogens with two attached hydrogens (primary N) is 1. The summed E-state index contributed by atoms with van der Waals surface area (Å²) in [7, 11) is 2.14. The zero-order chi connectivity index (χ0) is 35.3. The lowest BCUT2D eigenvalue weighted by Crippen LogP contribution is -2.26. The molecule has 0 fully saturated rings. The number of likely N-dealkylation sites (N-methyl/N-ethyl adjacent to an activating group) is 1. The van der Waals surface area contributed by atoms with Crippen molar-refractivity contribution in [3.05, 3.63) is 186 Å². The topological polar surface area (TPSA) is 47.3 Å². The fourth-order valence-corrected chi connectivity index (χ4v) is 6.95. The van der Waals surface area contributed by atoms with Crippen molar-refractivity contribution in [2.45, 2.75) is 26.3 Å². The molecule has 0 aliphatic carbocycles. The number of fused-ring (bicyclic) bond motifs is 4. The molecule has 4 heteroatoms. The van der Waals surface area contributed by atoms with E-state index in [0.717, 1.165) is 56.6 Å². The summed E-state index contributed by atoms with van der Waals surface area (Å²) in [6, 6.07) is 51.3. The van der Waals surface area contributed by atoms with Gasteiger partial charge in [0, 0.05) is 40.7 Å². The Hall–Kier alpha value is -6.26. The predicted molar refractivity (Wildman–Crippen MR) is 219 cm³/mol. The molecule has 0 aliphatic heterocycles. The van der Waals surface area contributed by atoms with Crippen molar-refractivity contribution in [1.82, 2.24) is 4.57 Å². The Morgan fingerprint density at radius 3 is 2.20 bits per heavy atom. The third-order valence-corrected chi connectivity index (χ3v) is 9.54. The summed E-state index contributed by atoms with van der Waals surface area (Å²) in [4.78, 5) is 2.30. The third-order valence-electron chi connectivity index (χ3n) is 9.54. The Labute approximate surface area is 300 Å². The van der Waals surface area contributed by atoms with Crippen LogP contribution in [0.3, 0.4) is 0 Å². The molecule has 0 saturated heterocycles. The second-order valence-corrected chi connectivity index (χ2v) is 13.0. The minimum atomic E-state index is 0.0863. The summed E-state index contributed by atoms with van der Waals surface area (Å²) in [5, 5.41) is 3.44. The summed E-state index contributed by atoms with van der Waals surface area (Å²) in [5.74, 6) is 0. The summed E-state index contributed by atoms with van der Waals surface area (Å²) >= 11 is 0. The number of para-hydroxylation sites is 3. The highest BCUT2D eigenvalue weighted by atomic mass is 16.3. The van der Waals surface area contributed by atoms with Gasteiger partial charge < -0.3 is 19.6 Å². The van der Waals surface area contributed by atoms with Gasteiger partial charge in [-0.2, -0.15) is 0 Å². The standard InChI is InChI=1S/C44H37N3O.C3H6/c1-30-12-6-7-15-32(30)20-25-36-27-34-28-38-37-16-8-11-19-43(37)48-44(38)29-42(34)47(36)35-23-21-33(22-24-35)41(26-31-13-4-3-5-14-31)46(2)40-18-10-9-17-39(40)45;1-3-2/h3-25,27-29,41H,26,45H2,1-2H3;3H,1H2,2H3/b25-20-;. The third kappa shape index (κ3) is 6.82. The van der Waals surface area contributed by atoms with Crippen molar-refractivity contribution in [3.8, 4) is 5.69 Å². The SMILES string of the molecule is C=CC.Cc1ccccc1/C=C\c1cc2cc3c(cc2n1-c1ccc(C(Cc2ccccc2)N(C)c2ccccc2N)cc1)oc1ccccc13. The van der Waals surface area contributed by atoms with Crippen LogP contribution >= 0.6 is 0 Å². The van der Waals surface area contributed by atoms with Gasteiger partial charge in [-0.1, -0.05) is 109 Å². The minimum absolute atomic E-state index is 0.0863. The Morgan fingerprint density at radius 2 is 1.43 bits per heavy atom. The largest absolute Gasteiger partial charge is 0.456 e. The van der Waals surface area contributed by atoms with Gasteiger partial charge >= 0.3 is 0 Å². The summed E-state index contributed by atoms with van der Waals surface area (Å²) in [6.45, 7) is 7.40. The molecule has 0 spiro atoms. The number of aromatic nitrogens is 1. The summed E-state index contributed by atoms with van der Waals surface area (Å²) in [5.41, 5.74) is 18.3. The Morgan fingerprint density at radius 1 is 0.745 bits per heavy atom. The maximum atomic E-state index is 6.47. The highest BCUT2D eigenvalue weighted by Crippen LogP contribution is 2.37. The molecule has 0 saturated carbocycles. The lowest BCUT2D eigenvalue weighted by atomic mass is 9.96. The average Bonchev–Trinajstić information content (AvgIpc) is 3.70. The van der Waals surface area contributed by atoms with E-state index in [0.29, 0.717) is 0 Å². The highest BCUT2D eigenvalue weighted by molar-refractivity contribution is 6.10. The smallest absolute Gasteiger partial charge is 0.137 e. The Kier molecular flexibility index (Phi) is 9.58. The Bertz CT molecular complexity index is 2470. The van der Waals surface area contributed by atoms with E-state index in [4.69, 9.17) is 10.2 Å². The molecule has 0 amide bonds. The van der Waals surface area contributed by atoms with Crippen LogP contribution in [-0.2, 0) is 6.42 Å². The maximum absolute atomic E-state index is 6.47. The molecule has 6 aromatic carbocycles. The minimum Gasteiger partial charge on any atom is -0.456 e. The molecule has 0 radical (unpaired) electrons. The van der Waals surface area contributed by atoms with Crippen LogP contribution in [0.5, 0.6) is 0 Å². The van der Waals surface area contributed by atoms with E-state index in [2.05, 4.69) is 157 Å². The number of allylic oxidation sites excluding steroid dienone is 1. The lowest BCUT2D eigenvalue weighted by Gasteiger charge is -2.32. The fourth-order valence-electron chi connectivity index (χ4n) is 6.95. The van der Waals surface area contributed by atoms with Gasteiger partial charge in [0.05, 0.1) is 22.9 Å². The first kappa shape index (κ1) is 33.2. The number of rotatable bonds is 8. The van der Waals surface area contributed by atoms with Crippen LogP contribution in [0.25, 0.3) is 50.7 Å². The molecule has 252 valence electrons. The molecule has 8 aromatic rings. The average molecular weight is 666 g/mol.